The molecule has 3 unspecified atom stereocenters. The summed E-state index contributed by atoms with van der Waals surface area (Å²) in [6.45, 7) is 0. The fourth-order valence-electron chi connectivity index (χ4n) is 3.77. The molecule has 2 aliphatic carbocycles. The van der Waals surface area contributed by atoms with Gasteiger partial charge in [0.15, 0.2) is 5.78 Å². The van der Waals surface area contributed by atoms with Gasteiger partial charge >= 0.3 is 0 Å². The minimum atomic E-state index is 0.117. The first-order valence-corrected chi connectivity index (χ1v) is 7.99. The SMILES string of the molecule is O=C(c1ccc(Cl)c(Cl)c1)C1C2CCc3ccccc3C21. The Morgan fingerprint density at radius 2 is 1.86 bits per heavy atom. The number of benzene rings is 2. The second-order valence-electron chi connectivity index (χ2n) is 5.95. The summed E-state index contributed by atoms with van der Waals surface area (Å²) in [6.07, 6.45) is 2.20. The van der Waals surface area contributed by atoms with Gasteiger partial charge in [-0.05, 0) is 54.0 Å². The molecule has 1 nitrogen and oxygen atoms in total. The minimum Gasteiger partial charge on any atom is -0.294 e. The van der Waals surface area contributed by atoms with E-state index in [1.807, 2.05) is 0 Å². The number of carbonyl (C=O) groups excluding carboxylic acids is 1. The van der Waals surface area contributed by atoms with Crippen LogP contribution in [-0.2, 0) is 6.42 Å². The molecule has 0 aliphatic heterocycles. The molecule has 21 heavy (non-hydrogen) atoms. The highest BCUT2D eigenvalue weighted by Crippen LogP contribution is 2.60. The van der Waals surface area contributed by atoms with Crippen molar-refractivity contribution < 1.29 is 4.79 Å². The van der Waals surface area contributed by atoms with Crippen molar-refractivity contribution >= 4 is 29.0 Å². The summed E-state index contributed by atoms with van der Waals surface area (Å²) in [5.41, 5.74) is 3.46. The normalized spacial score (nSPS) is 25.9. The van der Waals surface area contributed by atoms with E-state index in [9.17, 15) is 4.79 Å². The molecule has 4 rings (SSSR count). The molecule has 0 spiro atoms. The lowest BCUT2D eigenvalue weighted by atomic mass is 9.92. The number of carbonyl (C=O) groups is 1. The van der Waals surface area contributed by atoms with E-state index in [1.54, 1.807) is 18.2 Å². The van der Waals surface area contributed by atoms with Gasteiger partial charge < -0.3 is 0 Å². The predicted octanol–water partition coefficient (Wildman–Crippen LogP) is 5.15. The van der Waals surface area contributed by atoms with Crippen LogP contribution in [-0.4, -0.2) is 5.78 Å². The molecule has 0 N–H and O–H groups in total. The van der Waals surface area contributed by atoms with Gasteiger partial charge in [0.05, 0.1) is 10.0 Å². The lowest BCUT2D eigenvalue weighted by Gasteiger charge is -2.13. The third-order valence-corrected chi connectivity index (χ3v) is 5.58. The number of fused-ring (bicyclic) bond motifs is 3. The number of Topliss-reactive ketones (excluding diaryl/α,β-unsaturated/α-hetero) is 1. The zero-order chi connectivity index (χ0) is 14.6. The zero-order valence-electron chi connectivity index (χ0n) is 11.4. The topological polar surface area (TPSA) is 17.1 Å². The summed E-state index contributed by atoms with van der Waals surface area (Å²) in [7, 11) is 0. The van der Waals surface area contributed by atoms with Crippen LogP contribution in [0.2, 0.25) is 10.0 Å². The van der Waals surface area contributed by atoms with Crippen LogP contribution in [0.25, 0.3) is 0 Å². The number of hydrogen-bond donors (Lipinski definition) is 0. The van der Waals surface area contributed by atoms with E-state index in [-0.39, 0.29) is 11.7 Å². The standard InChI is InChI=1S/C18H14Cl2O/c19-14-8-6-11(9-15(14)20)18(21)17-13-7-5-10-3-1-2-4-12(10)16(13)17/h1-4,6,8-9,13,16-17H,5,7H2. The Balaban J connectivity index is 1.65. The van der Waals surface area contributed by atoms with Gasteiger partial charge in [-0.25, -0.2) is 0 Å². The Kier molecular flexibility index (Phi) is 3.09. The molecule has 2 aliphatic rings. The second-order valence-corrected chi connectivity index (χ2v) is 6.76. The Bertz CT molecular complexity index is 738. The molecule has 106 valence electrons. The van der Waals surface area contributed by atoms with Gasteiger partial charge in [-0.2, -0.15) is 0 Å². The monoisotopic (exact) mass is 316 g/mol. The maximum absolute atomic E-state index is 12.7. The van der Waals surface area contributed by atoms with Crippen molar-refractivity contribution in [1.82, 2.24) is 0 Å². The van der Waals surface area contributed by atoms with Gasteiger partial charge in [0, 0.05) is 11.5 Å². The van der Waals surface area contributed by atoms with Gasteiger partial charge in [-0.3, -0.25) is 4.79 Å². The highest BCUT2D eigenvalue weighted by molar-refractivity contribution is 6.42. The van der Waals surface area contributed by atoms with Gasteiger partial charge in [0.1, 0.15) is 0 Å². The lowest BCUT2D eigenvalue weighted by Crippen LogP contribution is -2.04. The molecule has 0 heterocycles. The Labute approximate surface area is 133 Å². The molecule has 2 aromatic carbocycles. The van der Waals surface area contributed by atoms with Gasteiger partial charge in [0.2, 0.25) is 0 Å². The molecule has 0 amide bonds. The van der Waals surface area contributed by atoms with Crippen molar-refractivity contribution in [2.75, 3.05) is 0 Å². The summed E-state index contributed by atoms with van der Waals surface area (Å²) in [6, 6.07) is 13.7. The molecule has 3 heteroatoms. The van der Waals surface area contributed by atoms with Gasteiger partial charge in [0.25, 0.3) is 0 Å². The molecule has 1 saturated carbocycles. The number of hydrogen-bond acceptors (Lipinski definition) is 1. The smallest absolute Gasteiger partial charge is 0.166 e. The summed E-state index contributed by atoms with van der Waals surface area (Å²) in [4.78, 5) is 12.7. The van der Waals surface area contributed by atoms with E-state index in [4.69, 9.17) is 23.2 Å². The fraction of sp³-hybridized carbons (Fsp3) is 0.278. The lowest BCUT2D eigenvalue weighted by molar-refractivity contribution is 0.0959. The molecule has 0 saturated heterocycles. The largest absolute Gasteiger partial charge is 0.294 e. The number of halogens is 2. The molecule has 0 bridgehead atoms. The number of rotatable bonds is 2. The Hall–Kier alpha value is -1.31. The molecule has 0 aromatic heterocycles. The van der Waals surface area contributed by atoms with Crippen LogP contribution in [0, 0.1) is 11.8 Å². The first-order valence-electron chi connectivity index (χ1n) is 7.24. The third-order valence-electron chi connectivity index (χ3n) is 4.84. The maximum atomic E-state index is 12.7. The van der Waals surface area contributed by atoms with E-state index in [2.05, 4.69) is 24.3 Å². The van der Waals surface area contributed by atoms with Gasteiger partial charge in [-0.1, -0.05) is 47.5 Å². The first kappa shape index (κ1) is 13.4. The predicted molar refractivity (Wildman–Crippen MR) is 85.3 cm³/mol. The number of ketones is 1. The van der Waals surface area contributed by atoms with Crippen LogP contribution >= 0.6 is 23.2 Å². The van der Waals surface area contributed by atoms with Crippen molar-refractivity contribution in [3.8, 4) is 0 Å². The van der Waals surface area contributed by atoms with E-state index in [1.165, 1.54) is 11.1 Å². The summed E-state index contributed by atoms with van der Waals surface area (Å²) >= 11 is 12.0. The first-order chi connectivity index (χ1) is 10.2. The van der Waals surface area contributed by atoms with Crippen LogP contribution in [0.15, 0.2) is 42.5 Å². The number of aryl methyl sites for hydroxylation is 1. The van der Waals surface area contributed by atoms with Crippen LogP contribution < -0.4 is 0 Å². The van der Waals surface area contributed by atoms with Crippen LogP contribution in [0.3, 0.4) is 0 Å². The fourth-order valence-corrected chi connectivity index (χ4v) is 4.06. The summed E-state index contributed by atoms with van der Waals surface area (Å²) in [5.74, 6) is 1.23. The molecule has 2 aromatic rings. The zero-order valence-corrected chi connectivity index (χ0v) is 12.9. The average Bonchev–Trinajstić information content (AvgIpc) is 3.24. The highest BCUT2D eigenvalue weighted by atomic mass is 35.5. The van der Waals surface area contributed by atoms with Crippen molar-refractivity contribution in [2.45, 2.75) is 18.8 Å². The van der Waals surface area contributed by atoms with Crippen molar-refractivity contribution in [2.24, 2.45) is 11.8 Å². The van der Waals surface area contributed by atoms with Crippen LogP contribution in [0.1, 0.15) is 33.8 Å². The van der Waals surface area contributed by atoms with E-state index in [0.29, 0.717) is 27.4 Å². The maximum Gasteiger partial charge on any atom is 0.166 e. The molecule has 1 fully saturated rings. The van der Waals surface area contributed by atoms with Crippen molar-refractivity contribution in [1.29, 1.82) is 0 Å². The van der Waals surface area contributed by atoms with Crippen LogP contribution in [0.5, 0.6) is 0 Å². The van der Waals surface area contributed by atoms with Gasteiger partial charge in [-0.15, -0.1) is 0 Å². The van der Waals surface area contributed by atoms with Crippen molar-refractivity contribution in [3.63, 3.8) is 0 Å². The summed E-state index contributed by atoms with van der Waals surface area (Å²) in [5, 5.41) is 0.943. The van der Waals surface area contributed by atoms with Crippen molar-refractivity contribution in [3.05, 3.63) is 69.2 Å². The molecular weight excluding hydrogens is 303 g/mol. The quantitative estimate of drug-likeness (QED) is 0.700. The average molecular weight is 317 g/mol. The second kappa shape index (κ2) is 4.86. The summed E-state index contributed by atoms with van der Waals surface area (Å²) < 4.78 is 0. The molecule has 3 atom stereocenters. The minimum absolute atomic E-state index is 0.117. The van der Waals surface area contributed by atoms with E-state index < -0.39 is 0 Å². The third kappa shape index (κ3) is 2.11. The van der Waals surface area contributed by atoms with E-state index in [0.717, 1.165) is 12.8 Å². The van der Waals surface area contributed by atoms with E-state index >= 15 is 0 Å². The Morgan fingerprint density at radius 1 is 1.05 bits per heavy atom. The molecule has 0 radical (unpaired) electrons. The van der Waals surface area contributed by atoms with Crippen LogP contribution in [0.4, 0.5) is 0 Å². The highest BCUT2D eigenvalue weighted by Gasteiger charge is 2.56. The molecular formula is C18H14Cl2O. The Morgan fingerprint density at radius 3 is 2.67 bits per heavy atom.